The molecular formula is C20H25NO2S2. The number of benzene rings is 2. The van der Waals surface area contributed by atoms with Crippen molar-refractivity contribution in [3.8, 4) is 11.5 Å². The first-order valence-corrected chi connectivity index (χ1v) is 10.5. The van der Waals surface area contributed by atoms with Crippen molar-refractivity contribution in [3.05, 3.63) is 48.5 Å². The average Bonchev–Trinajstić information content (AvgIpc) is 2.79. The molecule has 1 heterocycles. The van der Waals surface area contributed by atoms with E-state index in [-0.39, 0.29) is 6.23 Å². The van der Waals surface area contributed by atoms with E-state index >= 15 is 0 Å². The topological polar surface area (TPSA) is 44.5 Å². The maximum absolute atomic E-state index is 6.33. The highest BCUT2D eigenvalue weighted by atomic mass is 32.2. The third-order valence-electron chi connectivity index (χ3n) is 4.33. The van der Waals surface area contributed by atoms with Crippen molar-refractivity contribution < 1.29 is 9.47 Å². The van der Waals surface area contributed by atoms with Crippen LogP contribution in [0.1, 0.15) is 13.3 Å². The van der Waals surface area contributed by atoms with Gasteiger partial charge in [-0.25, -0.2) is 0 Å². The normalized spacial score (nSPS) is 20.9. The fraction of sp³-hybridized carbons (Fsp3) is 0.400. The van der Waals surface area contributed by atoms with Crippen molar-refractivity contribution >= 4 is 23.5 Å². The number of fused-ring (bicyclic) bond motifs is 1. The Morgan fingerprint density at radius 3 is 2.84 bits per heavy atom. The van der Waals surface area contributed by atoms with Gasteiger partial charge < -0.3 is 9.47 Å². The summed E-state index contributed by atoms with van der Waals surface area (Å²) in [6, 6.07) is 16.3. The van der Waals surface area contributed by atoms with Crippen LogP contribution in [0.3, 0.4) is 0 Å². The molecule has 1 aliphatic rings. The minimum atomic E-state index is -0.241. The van der Waals surface area contributed by atoms with Gasteiger partial charge in [-0.2, -0.15) is 0 Å². The van der Waals surface area contributed by atoms with E-state index in [4.69, 9.17) is 15.2 Å². The third-order valence-corrected chi connectivity index (χ3v) is 6.95. The number of ether oxygens (including phenoxy) is 2. The highest BCUT2D eigenvalue weighted by Crippen LogP contribution is 2.37. The standard InChI is InChI=1S/C20H25NO2S2/c1-14(12-24-18-9-5-3-7-16(18)22-2)11-15-13-25-19-10-6-4-8-17(19)23-20(15)21/h3-10,14-15,20H,11-13,21H2,1-2H3/t14-,15-,20?/m0/s1. The second kappa shape index (κ2) is 8.88. The number of thioether (sulfide) groups is 2. The van der Waals surface area contributed by atoms with Crippen LogP contribution in [-0.4, -0.2) is 24.8 Å². The molecule has 3 atom stereocenters. The molecule has 2 aromatic carbocycles. The van der Waals surface area contributed by atoms with Crippen LogP contribution in [0.25, 0.3) is 0 Å². The molecule has 0 amide bonds. The fourth-order valence-corrected chi connectivity index (χ4v) is 5.18. The van der Waals surface area contributed by atoms with Crippen LogP contribution < -0.4 is 15.2 Å². The van der Waals surface area contributed by atoms with Crippen LogP contribution in [-0.2, 0) is 0 Å². The number of methoxy groups -OCH3 is 1. The van der Waals surface area contributed by atoms with Gasteiger partial charge in [0.1, 0.15) is 11.5 Å². The number of hydrogen-bond donors (Lipinski definition) is 1. The van der Waals surface area contributed by atoms with E-state index in [1.165, 1.54) is 9.79 Å². The number of rotatable bonds is 6. The largest absolute Gasteiger partial charge is 0.496 e. The summed E-state index contributed by atoms with van der Waals surface area (Å²) in [7, 11) is 1.72. The van der Waals surface area contributed by atoms with E-state index in [1.54, 1.807) is 7.11 Å². The Morgan fingerprint density at radius 2 is 2.00 bits per heavy atom. The molecule has 0 saturated heterocycles. The lowest BCUT2D eigenvalue weighted by Crippen LogP contribution is -2.37. The number of nitrogens with two attached hydrogens (primary N) is 1. The van der Waals surface area contributed by atoms with E-state index in [0.29, 0.717) is 11.8 Å². The van der Waals surface area contributed by atoms with Crippen LogP contribution in [0, 0.1) is 11.8 Å². The average molecular weight is 376 g/mol. The Hall–Kier alpha value is -1.30. The third kappa shape index (κ3) is 4.87. The van der Waals surface area contributed by atoms with Crippen molar-refractivity contribution in [1.29, 1.82) is 0 Å². The summed E-state index contributed by atoms with van der Waals surface area (Å²) in [6.07, 6.45) is 0.819. The highest BCUT2D eigenvalue weighted by molar-refractivity contribution is 7.99. The van der Waals surface area contributed by atoms with Crippen LogP contribution in [0.5, 0.6) is 11.5 Å². The zero-order chi connectivity index (χ0) is 17.6. The van der Waals surface area contributed by atoms with Gasteiger partial charge in [0.25, 0.3) is 0 Å². The summed E-state index contributed by atoms with van der Waals surface area (Å²) in [5, 5.41) is 0. The van der Waals surface area contributed by atoms with Crippen LogP contribution in [0.15, 0.2) is 58.3 Å². The molecule has 0 radical (unpaired) electrons. The quantitative estimate of drug-likeness (QED) is 0.728. The second-order valence-corrected chi connectivity index (χ2v) is 8.53. The molecule has 5 heteroatoms. The first-order valence-electron chi connectivity index (χ1n) is 8.57. The lowest BCUT2D eigenvalue weighted by atomic mass is 9.97. The van der Waals surface area contributed by atoms with Gasteiger partial charge >= 0.3 is 0 Å². The van der Waals surface area contributed by atoms with Crippen molar-refractivity contribution in [2.45, 2.75) is 29.4 Å². The van der Waals surface area contributed by atoms with E-state index in [1.807, 2.05) is 53.9 Å². The Labute approximate surface area is 158 Å². The van der Waals surface area contributed by atoms with Gasteiger partial charge in [-0.05, 0) is 36.6 Å². The lowest BCUT2D eigenvalue weighted by Gasteiger charge is -2.24. The predicted octanol–water partition coefficient (Wildman–Crippen LogP) is 4.90. The van der Waals surface area contributed by atoms with Crippen LogP contribution in [0.4, 0.5) is 0 Å². The van der Waals surface area contributed by atoms with E-state index < -0.39 is 0 Å². The maximum atomic E-state index is 6.33. The molecule has 134 valence electrons. The Bertz CT molecular complexity index is 695. The molecule has 0 aliphatic carbocycles. The monoisotopic (exact) mass is 375 g/mol. The van der Waals surface area contributed by atoms with E-state index in [9.17, 15) is 0 Å². The van der Waals surface area contributed by atoms with Gasteiger partial charge in [-0.1, -0.05) is 31.2 Å². The van der Waals surface area contributed by atoms with Crippen LogP contribution >= 0.6 is 23.5 Å². The maximum Gasteiger partial charge on any atom is 0.151 e. The zero-order valence-corrected chi connectivity index (χ0v) is 16.3. The Morgan fingerprint density at radius 1 is 1.24 bits per heavy atom. The predicted molar refractivity (Wildman–Crippen MR) is 107 cm³/mol. The molecule has 0 bridgehead atoms. The summed E-state index contributed by atoms with van der Waals surface area (Å²) >= 11 is 3.70. The smallest absolute Gasteiger partial charge is 0.151 e. The molecule has 1 unspecified atom stereocenters. The SMILES string of the molecule is COc1ccccc1SC[C@@H](C)C[C@H]1CSc2ccccc2OC1N. The Balaban J connectivity index is 1.55. The summed E-state index contributed by atoms with van der Waals surface area (Å²) in [6.45, 7) is 2.29. The molecule has 0 fully saturated rings. The molecule has 3 nitrogen and oxygen atoms in total. The molecule has 1 aliphatic heterocycles. The van der Waals surface area contributed by atoms with Gasteiger partial charge in [-0.15, -0.1) is 23.5 Å². The molecule has 2 N–H and O–H groups in total. The van der Waals surface area contributed by atoms with E-state index in [0.717, 1.165) is 29.4 Å². The van der Waals surface area contributed by atoms with Crippen molar-refractivity contribution in [3.63, 3.8) is 0 Å². The molecule has 3 rings (SSSR count). The second-order valence-electron chi connectivity index (χ2n) is 6.40. The van der Waals surface area contributed by atoms with Gasteiger partial charge in [0.2, 0.25) is 0 Å². The molecule has 25 heavy (non-hydrogen) atoms. The van der Waals surface area contributed by atoms with E-state index in [2.05, 4.69) is 25.1 Å². The summed E-state index contributed by atoms with van der Waals surface area (Å²) in [5.41, 5.74) is 6.33. The van der Waals surface area contributed by atoms with Crippen molar-refractivity contribution in [2.24, 2.45) is 17.6 Å². The summed E-state index contributed by atoms with van der Waals surface area (Å²) in [4.78, 5) is 2.39. The zero-order valence-electron chi connectivity index (χ0n) is 14.7. The van der Waals surface area contributed by atoms with Gasteiger partial charge in [0.15, 0.2) is 6.23 Å². The van der Waals surface area contributed by atoms with Crippen LogP contribution in [0.2, 0.25) is 0 Å². The molecule has 0 saturated carbocycles. The first-order chi connectivity index (χ1) is 12.2. The number of hydrogen-bond acceptors (Lipinski definition) is 5. The van der Waals surface area contributed by atoms with Crippen molar-refractivity contribution in [2.75, 3.05) is 18.6 Å². The molecule has 0 aromatic heterocycles. The molecule has 0 spiro atoms. The van der Waals surface area contributed by atoms with Gasteiger partial charge in [-0.3, -0.25) is 5.73 Å². The minimum Gasteiger partial charge on any atom is -0.496 e. The van der Waals surface area contributed by atoms with Crippen molar-refractivity contribution in [1.82, 2.24) is 0 Å². The summed E-state index contributed by atoms with van der Waals surface area (Å²) in [5.74, 6) is 4.81. The fourth-order valence-electron chi connectivity index (χ4n) is 2.96. The minimum absolute atomic E-state index is 0.241. The lowest BCUT2D eigenvalue weighted by molar-refractivity contribution is 0.138. The van der Waals surface area contributed by atoms with Gasteiger partial charge in [0, 0.05) is 27.2 Å². The Kier molecular flexibility index (Phi) is 6.57. The first kappa shape index (κ1) is 18.5. The number of para-hydroxylation sites is 2. The molecule has 2 aromatic rings. The summed E-state index contributed by atoms with van der Waals surface area (Å²) < 4.78 is 11.4. The highest BCUT2D eigenvalue weighted by Gasteiger charge is 2.26. The molecular weight excluding hydrogens is 350 g/mol. The van der Waals surface area contributed by atoms with Gasteiger partial charge in [0.05, 0.1) is 7.11 Å².